The van der Waals surface area contributed by atoms with E-state index in [-0.39, 0.29) is 30.0 Å². The normalized spacial score (nSPS) is 13.4. The van der Waals surface area contributed by atoms with Crippen LogP contribution in [0.15, 0.2) is 36.4 Å². The molecule has 0 aliphatic rings. The summed E-state index contributed by atoms with van der Waals surface area (Å²) in [6.45, 7) is 12.8. The Morgan fingerprint density at radius 1 is 1.11 bits per heavy atom. The molecule has 1 aromatic rings. The molecule has 0 saturated heterocycles. The van der Waals surface area contributed by atoms with Crippen LogP contribution in [0.4, 0.5) is 0 Å². The monoisotopic (exact) mass is 392 g/mol. The summed E-state index contributed by atoms with van der Waals surface area (Å²) in [5, 5.41) is 0.0154. The minimum atomic E-state index is -2.10. The van der Waals surface area contributed by atoms with Crippen molar-refractivity contribution in [3.05, 3.63) is 42.0 Å². The first-order valence-corrected chi connectivity index (χ1v) is 12.1. The molecule has 0 radical (unpaired) electrons. The van der Waals surface area contributed by atoms with Crippen molar-refractivity contribution >= 4 is 20.1 Å². The molecule has 1 unspecified atom stereocenters. The molecular weight excluding hydrogens is 360 g/mol. The van der Waals surface area contributed by atoms with E-state index in [1.807, 2.05) is 24.3 Å². The van der Waals surface area contributed by atoms with Gasteiger partial charge in [0.2, 0.25) is 0 Å². The Hall–Kier alpha value is -1.92. The van der Waals surface area contributed by atoms with Crippen molar-refractivity contribution in [2.45, 2.75) is 58.4 Å². The van der Waals surface area contributed by atoms with Crippen molar-refractivity contribution in [2.24, 2.45) is 0 Å². The van der Waals surface area contributed by atoms with Crippen LogP contribution in [0.25, 0.3) is 0 Å². The zero-order chi connectivity index (χ0) is 20.7. The Morgan fingerprint density at radius 2 is 1.70 bits per heavy atom. The van der Waals surface area contributed by atoms with Crippen LogP contribution in [-0.4, -0.2) is 33.8 Å². The minimum absolute atomic E-state index is 0.0154. The van der Waals surface area contributed by atoms with Crippen molar-refractivity contribution in [3.8, 4) is 5.75 Å². The molecule has 5 nitrogen and oxygen atoms in total. The fourth-order valence-electron chi connectivity index (χ4n) is 2.18. The second-order valence-electron chi connectivity index (χ2n) is 7.90. The highest BCUT2D eigenvalue weighted by Crippen LogP contribution is 2.40. The summed E-state index contributed by atoms with van der Waals surface area (Å²) in [6.07, 6.45) is 2.22. The highest BCUT2D eigenvalue weighted by Gasteiger charge is 2.39. The molecule has 0 fully saturated rings. The molecule has 0 saturated carbocycles. The van der Waals surface area contributed by atoms with E-state index in [1.54, 1.807) is 14.0 Å². The topological polar surface area (TPSA) is 61.8 Å². The van der Waals surface area contributed by atoms with Crippen molar-refractivity contribution in [1.29, 1.82) is 0 Å². The van der Waals surface area contributed by atoms with Crippen LogP contribution in [0.3, 0.4) is 0 Å². The third kappa shape index (κ3) is 7.31. The van der Waals surface area contributed by atoms with Crippen LogP contribution < -0.4 is 4.74 Å². The van der Waals surface area contributed by atoms with E-state index < -0.39 is 14.3 Å². The SMILES string of the molecule is CCOC(=O)/C=C/C(=O)CC(O[Si](C)(C)C(C)(C)C)c1ccc(OC)cc1. The summed E-state index contributed by atoms with van der Waals surface area (Å²) in [5.74, 6) is 0.0538. The molecule has 1 atom stereocenters. The molecule has 0 aliphatic heterocycles. The summed E-state index contributed by atoms with van der Waals surface area (Å²) < 4.78 is 16.5. The van der Waals surface area contributed by atoms with E-state index in [2.05, 4.69) is 33.9 Å². The average Bonchev–Trinajstić information content (AvgIpc) is 2.58. The first-order valence-electron chi connectivity index (χ1n) is 9.19. The van der Waals surface area contributed by atoms with Crippen LogP contribution >= 0.6 is 0 Å². The van der Waals surface area contributed by atoms with Gasteiger partial charge < -0.3 is 13.9 Å². The number of benzene rings is 1. The van der Waals surface area contributed by atoms with E-state index in [0.717, 1.165) is 11.3 Å². The first-order chi connectivity index (χ1) is 12.5. The van der Waals surface area contributed by atoms with Crippen LogP contribution in [0, 0.1) is 0 Å². The lowest BCUT2D eigenvalue weighted by Gasteiger charge is -2.39. The zero-order valence-corrected chi connectivity index (χ0v) is 18.5. The number of allylic oxidation sites excluding steroid dienone is 1. The third-order valence-corrected chi connectivity index (χ3v) is 9.30. The maximum absolute atomic E-state index is 12.4. The van der Waals surface area contributed by atoms with Gasteiger partial charge in [-0.2, -0.15) is 0 Å². The second kappa shape index (κ2) is 9.85. The molecule has 0 bridgehead atoms. The van der Waals surface area contributed by atoms with Crippen molar-refractivity contribution in [1.82, 2.24) is 0 Å². The standard InChI is InChI=1S/C21H32O5Si/c1-8-25-20(23)14-11-17(22)15-19(26-27(6,7)21(2,3)4)16-9-12-18(24-5)13-10-16/h9-14,19H,8,15H2,1-7H3/b14-11+. The number of methoxy groups -OCH3 is 1. The lowest BCUT2D eigenvalue weighted by molar-refractivity contribution is -0.137. The summed E-state index contributed by atoms with van der Waals surface area (Å²) in [7, 11) is -0.483. The quantitative estimate of drug-likeness (QED) is 0.342. The average molecular weight is 393 g/mol. The number of ether oxygens (including phenoxy) is 2. The Kier molecular flexibility index (Phi) is 8.43. The highest BCUT2D eigenvalue weighted by molar-refractivity contribution is 6.74. The van der Waals surface area contributed by atoms with Gasteiger partial charge in [-0.1, -0.05) is 32.9 Å². The van der Waals surface area contributed by atoms with Gasteiger partial charge in [0.15, 0.2) is 14.1 Å². The molecule has 27 heavy (non-hydrogen) atoms. The number of carbonyl (C=O) groups excluding carboxylic acids is 2. The second-order valence-corrected chi connectivity index (χ2v) is 12.7. The van der Waals surface area contributed by atoms with Crippen molar-refractivity contribution in [2.75, 3.05) is 13.7 Å². The number of esters is 1. The molecule has 0 spiro atoms. The lowest BCUT2D eigenvalue weighted by atomic mass is 10.0. The van der Waals surface area contributed by atoms with Crippen molar-refractivity contribution < 1.29 is 23.5 Å². The smallest absolute Gasteiger partial charge is 0.330 e. The summed E-state index contributed by atoms with van der Waals surface area (Å²) >= 11 is 0. The summed E-state index contributed by atoms with van der Waals surface area (Å²) in [4.78, 5) is 23.8. The Bertz CT molecular complexity index is 656. The molecule has 0 N–H and O–H groups in total. The number of hydrogen-bond acceptors (Lipinski definition) is 5. The molecule has 0 heterocycles. The lowest BCUT2D eigenvalue weighted by Crippen LogP contribution is -2.42. The van der Waals surface area contributed by atoms with Crippen LogP contribution in [-0.2, 0) is 18.8 Å². The maximum Gasteiger partial charge on any atom is 0.330 e. The zero-order valence-electron chi connectivity index (χ0n) is 17.5. The van der Waals surface area contributed by atoms with Crippen LogP contribution in [0.2, 0.25) is 18.1 Å². The Labute approximate surface area is 163 Å². The van der Waals surface area contributed by atoms with Gasteiger partial charge >= 0.3 is 5.97 Å². The number of rotatable bonds is 9. The maximum atomic E-state index is 12.4. The largest absolute Gasteiger partial charge is 0.497 e. The van der Waals surface area contributed by atoms with Gasteiger partial charge in [-0.3, -0.25) is 4.79 Å². The van der Waals surface area contributed by atoms with Gasteiger partial charge in [0.25, 0.3) is 0 Å². The minimum Gasteiger partial charge on any atom is -0.497 e. The molecule has 150 valence electrons. The first kappa shape index (κ1) is 23.1. The molecule has 1 rings (SSSR count). The predicted octanol–water partition coefficient (Wildman–Crippen LogP) is 4.84. The van der Waals surface area contributed by atoms with Gasteiger partial charge in [0.05, 0.1) is 19.8 Å². The van der Waals surface area contributed by atoms with Crippen LogP contribution in [0.1, 0.15) is 45.8 Å². The summed E-state index contributed by atoms with van der Waals surface area (Å²) in [5.41, 5.74) is 0.915. The fraction of sp³-hybridized carbons (Fsp3) is 0.524. The van der Waals surface area contributed by atoms with E-state index in [9.17, 15) is 9.59 Å². The highest BCUT2D eigenvalue weighted by atomic mass is 28.4. The number of hydrogen-bond donors (Lipinski definition) is 0. The van der Waals surface area contributed by atoms with E-state index in [0.29, 0.717) is 0 Å². The summed E-state index contributed by atoms with van der Waals surface area (Å²) in [6, 6.07) is 7.55. The van der Waals surface area contributed by atoms with Gasteiger partial charge in [0.1, 0.15) is 5.75 Å². The molecule has 0 aromatic heterocycles. The van der Waals surface area contributed by atoms with E-state index >= 15 is 0 Å². The fourth-order valence-corrected chi connectivity index (χ4v) is 3.46. The Morgan fingerprint density at radius 3 is 2.19 bits per heavy atom. The molecule has 6 heteroatoms. The van der Waals surface area contributed by atoms with Gasteiger partial charge in [-0.05, 0) is 48.8 Å². The number of ketones is 1. The molecule has 0 aliphatic carbocycles. The third-order valence-electron chi connectivity index (χ3n) is 4.81. The van der Waals surface area contributed by atoms with Gasteiger partial charge in [-0.15, -0.1) is 0 Å². The Balaban J connectivity index is 3.03. The molecule has 0 amide bonds. The number of carbonyl (C=O) groups is 2. The predicted molar refractivity (Wildman–Crippen MR) is 109 cm³/mol. The van der Waals surface area contributed by atoms with E-state index in [4.69, 9.17) is 13.9 Å². The van der Waals surface area contributed by atoms with Crippen LogP contribution in [0.5, 0.6) is 5.75 Å². The van der Waals surface area contributed by atoms with Gasteiger partial charge in [0, 0.05) is 12.5 Å². The molecular formula is C21H32O5Si. The van der Waals surface area contributed by atoms with E-state index in [1.165, 1.54) is 12.2 Å². The molecule has 1 aromatic carbocycles. The van der Waals surface area contributed by atoms with Gasteiger partial charge in [-0.25, -0.2) is 4.79 Å². The van der Waals surface area contributed by atoms with Crippen molar-refractivity contribution in [3.63, 3.8) is 0 Å².